The molecule has 0 spiro atoms. The second-order valence-electron chi connectivity index (χ2n) is 5.10. The average molecular weight is 346 g/mol. The molecule has 6 nitrogen and oxygen atoms in total. The van der Waals surface area contributed by atoms with Crippen LogP contribution in [0.3, 0.4) is 0 Å². The van der Waals surface area contributed by atoms with Crippen LogP contribution < -0.4 is 4.72 Å². The summed E-state index contributed by atoms with van der Waals surface area (Å²) >= 11 is 0. The molecule has 0 radical (unpaired) electrons. The van der Waals surface area contributed by atoms with Gasteiger partial charge >= 0.3 is 0 Å². The summed E-state index contributed by atoms with van der Waals surface area (Å²) in [6.07, 6.45) is 3.01. The van der Waals surface area contributed by atoms with E-state index in [1.165, 1.54) is 35.4 Å². The summed E-state index contributed by atoms with van der Waals surface area (Å²) in [7, 11) is -4.04. The molecule has 0 aliphatic rings. The molecular formula is C16H15FN4O2S. The topological polar surface area (TPSA) is 76.9 Å². The number of nitrogens with zero attached hydrogens (tertiary/aromatic N) is 3. The van der Waals surface area contributed by atoms with Crippen molar-refractivity contribution in [1.29, 1.82) is 0 Å². The Balaban J connectivity index is 1.93. The summed E-state index contributed by atoms with van der Waals surface area (Å²) in [6.45, 7) is 0.185. The Hall–Kier alpha value is -2.58. The number of benzene rings is 2. The van der Waals surface area contributed by atoms with Crippen LogP contribution in [0.4, 0.5) is 4.39 Å². The molecule has 0 saturated carbocycles. The van der Waals surface area contributed by atoms with Crippen LogP contribution in [0.15, 0.2) is 71.9 Å². The molecule has 24 heavy (non-hydrogen) atoms. The van der Waals surface area contributed by atoms with Crippen molar-refractivity contribution in [3.05, 3.63) is 78.4 Å². The lowest BCUT2D eigenvalue weighted by Crippen LogP contribution is -2.32. The van der Waals surface area contributed by atoms with Crippen LogP contribution in [-0.4, -0.2) is 23.4 Å². The first kappa shape index (κ1) is 16.3. The number of hydrogen-bond donors (Lipinski definition) is 1. The van der Waals surface area contributed by atoms with E-state index in [2.05, 4.69) is 14.9 Å². The Morgan fingerprint density at radius 3 is 2.29 bits per heavy atom. The highest BCUT2D eigenvalue weighted by atomic mass is 32.2. The molecular weight excluding hydrogens is 331 g/mol. The van der Waals surface area contributed by atoms with Gasteiger partial charge in [0, 0.05) is 0 Å². The van der Waals surface area contributed by atoms with E-state index in [1.54, 1.807) is 24.3 Å². The van der Waals surface area contributed by atoms with Crippen molar-refractivity contribution in [2.75, 3.05) is 0 Å². The van der Waals surface area contributed by atoms with Gasteiger partial charge in [-0.25, -0.2) is 17.5 Å². The summed E-state index contributed by atoms with van der Waals surface area (Å²) in [5.41, 5.74) is 0.731. The zero-order valence-corrected chi connectivity index (χ0v) is 13.4. The second-order valence-corrected chi connectivity index (χ2v) is 6.78. The first-order valence-electron chi connectivity index (χ1n) is 7.22. The van der Waals surface area contributed by atoms with Crippen molar-refractivity contribution < 1.29 is 12.8 Å². The third-order valence-corrected chi connectivity index (χ3v) is 4.94. The molecule has 0 saturated heterocycles. The van der Waals surface area contributed by atoms with Crippen LogP contribution in [0.25, 0.3) is 0 Å². The molecule has 1 atom stereocenters. The smallest absolute Gasteiger partial charge is 0.207 e. The first-order chi connectivity index (χ1) is 11.6. The average Bonchev–Trinajstić information content (AvgIpc) is 3.08. The molecule has 0 amide bonds. The van der Waals surface area contributed by atoms with Crippen molar-refractivity contribution in [3.63, 3.8) is 0 Å². The van der Waals surface area contributed by atoms with Gasteiger partial charge < -0.3 is 0 Å². The number of sulfonamides is 1. The number of aromatic nitrogens is 3. The molecule has 1 aromatic heterocycles. The molecule has 8 heteroatoms. The molecule has 1 N–H and O–H groups in total. The fourth-order valence-corrected chi connectivity index (χ4v) is 3.61. The zero-order chi connectivity index (χ0) is 17.0. The minimum atomic E-state index is -4.04. The minimum Gasteiger partial charge on any atom is -0.207 e. The van der Waals surface area contributed by atoms with Crippen molar-refractivity contribution >= 4 is 10.0 Å². The predicted octanol–water partition coefficient (Wildman–Crippen LogP) is 2.14. The summed E-state index contributed by atoms with van der Waals surface area (Å²) in [6, 6.07) is 13.6. The maximum absolute atomic E-state index is 13.9. The van der Waals surface area contributed by atoms with Crippen LogP contribution in [0.5, 0.6) is 0 Å². The third kappa shape index (κ3) is 3.66. The highest BCUT2D eigenvalue weighted by Gasteiger charge is 2.24. The standard InChI is InChI=1S/C16H15FN4O2S/c17-14-8-4-5-9-16(14)24(22,23)20-15(12-21-18-10-11-19-21)13-6-2-1-3-7-13/h1-11,15,20H,12H2. The van der Waals surface area contributed by atoms with Crippen LogP contribution in [0.1, 0.15) is 11.6 Å². The van der Waals surface area contributed by atoms with Crippen LogP contribution in [0.2, 0.25) is 0 Å². The molecule has 1 heterocycles. The third-order valence-electron chi connectivity index (χ3n) is 3.44. The molecule has 0 fully saturated rings. The lowest BCUT2D eigenvalue weighted by atomic mass is 10.1. The summed E-state index contributed by atoms with van der Waals surface area (Å²) in [5.74, 6) is -0.797. The van der Waals surface area contributed by atoms with E-state index in [-0.39, 0.29) is 11.4 Å². The molecule has 1 unspecified atom stereocenters. The quantitative estimate of drug-likeness (QED) is 0.742. The monoisotopic (exact) mass is 346 g/mol. The molecule has 3 rings (SSSR count). The highest BCUT2D eigenvalue weighted by molar-refractivity contribution is 7.89. The fourth-order valence-electron chi connectivity index (χ4n) is 2.31. The van der Waals surface area contributed by atoms with Gasteiger partial charge in [0.2, 0.25) is 10.0 Å². The van der Waals surface area contributed by atoms with Gasteiger partial charge in [-0.3, -0.25) is 0 Å². The molecule has 2 aromatic carbocycles. The lowest BCUT2D eigenvalue weighted by Gasteiger charge is -2.19. The van der Waals surface area contributed by atoms with E-state index in [9.17, 15) is 12.8 Å². The number of rotatable bonds is 6. The molecule has 0 aliphatic carbocycles. The molecule has 0 bridgehead atoms. The van der Waals surface area contributed by atoms with E-state index < -0.39 is 21.9 Å². The Labute approximate surface area is 139 Å². The van der Waals surface area contributed by atoms with Crippen LogP contribution >= 0.6 is 0 Å². The van der Waals surface area contributed by atoms with Crippen molar-refractivity contribution in [2.45, 2.75) is 17.5 Å². The Kier molecular flexibility index (Phi) is 4.68. The molecule has 124 valence electrons. The summed E-state index contributed by atoms with van der Waals surface area (Å²) in [4.78, 5) is 0.987. The van der Waals surface area contributed by atoms with Gasteiger partial charge in [0.1, 0.15) is 10.7 Å². The van der Waals surface area contributed by atoms with Crippen molar-refractivity contribution in [2.24, 2.45) is 0 Å². The molecule has 3 aromatic rings. The van der Waals surface area contributed by atoms with Gasteiger partial charge in [0.15, 0.2) is 0 Å². The van der Waals surface area contributed by atoms with Gasteiger partial charge in [-0.2, -0.15) is 15.0 Å². The van der Waals surface area contributed by atoms with E-state index in [4.69, 9.17) is 0 Å². The highest BCUT2D eigenvalue weighted by Crippen LogP contribution is 2.20. The Morgan fingerprint density at radius 1 is 1.00 bits per heavy atom. The second kappa shape index (κ2) is 6.90. The van der Waals surface area contributed by atoms with E-state index in [0.29, 0.717) is 0 Å². The van der Waals surface area contributed by atoms with Gasteiger partial charge in [-0.05, 0) is 17.7 Å². The lowest BCUT2D eigenvalue weighted by molar-refractivity contribution is 0.443. The first-order valence-corrected chi connectivity index (χ1v) is 8.70. The van der Waals surface area contributed by atoms with Crippen molar-refractivity contribution in [3.8, 4) is 0 Å². The van der Waals surface area contributed by atoms with E-state index in [1.807, 2.05) is 6.07 Å². The van der Waals surface area contributed by atoms with Gasteiger partial charge in [0.05, 0.1) is 25.0 Å². The van der Waals surface area contributed by atoms with Gasteiger partial charge in [0.25, 0.3) is 0 Å². The summed E-state index contributed by atoms with van der Waals surface area (Å²) < 4.78 is 41.5. The van der Waals surface area contributed by atoms with Gasteiger partial charge in [-0.1, -0.05) is 42.5 Å². The number of halogens is 1. The van der Waals surface area contributed by atoms with E-state index >= 15 is 0 Å². The van der Waals surface area contributed by atoms with Crippen molar-refractivity contribution in [1.82, 2.24) is 19.7 Å². The Bertz CT molecular complexity index is 899. The van der Waals surface area contributed by atoms with Crippen LogP contribution in [-0.2, 0) is 16.6 Å². The Morgan fingerprint density at radius 2 is 1.62 bits per heavy atom. The maximum atomic E-state index is 13.9. The van der Waals surface area contributed by atoms with Crippen LogP contribution in [0, 0.1) is 5.82 Å². The predicted molar refractivity (Wildman–Crippen MR) is 85.9 cm³/mol. The number of hydrogen-bond acceptors (Lipinski definition) is 4. The molecule has 0 aliphatic heterocycles. The van der Waals surface area contributed by atoms with E-state index in [0.717, 1.165) is 11.6 Å². The minimum absolute atomic E-state index is 0.185. The van der Waals surface area contributed by atoms with Gasteiger partial charge in [-0.15, -0.1) is 0 Å². The summed E-state index contributed by atoms with van der Waals surface area (Å²) in [5, 5.41) is 8.00. The SMILES string of the molecule is O=S(=O)(NC(Cn1nccn1)c1ccccc1)c1ccccc1F. The maximum Gasteiger partial charge on any atom is 0.244 e. The largest absolute Gasteiger partial charge is 0.244 e. The fraction of sp³-hybridized carbons (Fsp3) is 0.125. The zero-order valence-electron chi connectivity index (χ0n) is 12.6. The normalized spacial score (nSPS) is 12.9. The number of nitrogens with one attached hydrogen (secondary N) is 1.